The highest BCUT2D eigenvalue weighted by atomic mass is 28.3. The Labute approximate surface area is 148 Å². The Morgan fingerprint density at radius 2 is 0.957 bits per heavy atom. The molecule has 6 heteroatoms. The molecule has 0 saturated carbocycles. The van der Waals surface area contributed by atoms with Crippen LogP contribution in [0.25, 0.3) is 0 Å². The van der Waals surface area contributed by atoms with Gasteiger partial charge in [-0.1, -0.05) is 30.6 Å². The molecule has 0 fully saturated rings. The van der Waals surface area contributed by atoms with E-state index in [9.17, 15) is 0 Å². The highest BCUT2D eigenvalue weighted by Gasteiger charge is 2.08. The molecule has 4 nitrogen and oxygen atoms in total. The largest absolute Gasteiger partial charge is 0.353 e. The van der Waals surface area contributed by atoms with E-state index in [-0.39, 0.29) is 12.6 Å². The predicted molar refractivity (Wildman–Crippen MR) is 98.5 cm³/mol. The van der Waals surface area contributed by atoms with Gasteiger partial charge in [0.15, 0.2) is 12.6 Å². The van der Waals surface area contributed by atoms with Crippen molar-refractivity contribution in [2.24, 2.45) is 0 Å². The standard InChI is InChI=1S/C17H36O4Si2/c1-5-18-16(19-6-2)11-9-13-22-15-23-14-10-12-17(20-7-3)21-8-4/h16-17H,5-15H2,1-4H3. The van der Waals surface area contributed by atoms with E-state index in [0.29, 0.717) is 0 Å². The van der Waals surface area contributed by atoms with Crippen LogP contribution >= 0.6 is 0 Å². The van der Waals surface area contributed by atoms with Crippen LogP contribution in [0.1, 0.15) is 53.4 Å². The Morgan fingerprint density at radius 1 is 0.609 bits per heavy atom. The van der Waals surface area contributed by atoms with Crippen molar-refractivity contribution in [3.63, 3.8) is 0 Å². The van der Waals surface area contributed by atoms with Crippen LogP contribution in [0.5, 0.6) is 0 Å². The fourth-order valence-corrected chi connectivity index (χ4v) is 5.26. The molecule has 0 aromatic carbocycles. The van der Waals surface area contributed by atoms with Crippen LogP contribution in [-0.4, -0.2) is 58.0 Å². The molecule has 0 N–H and O–H groups in total. The van der Waals surface area contributed by atoms with Crippen LogP contribution in [0.3, 0.4) is 0 Å². The average Bonchev–Trinajstić information content (AvgIpc) is 2.54. The lowest BCUT2D eigenvalue weighted by molar-refractivity contribution is -0.139. The number of rotatable bonds is 18. The van der Waals surface area contributed by atoms with Crippen molar-refractivity contribution in [2.75, 3.05) is 26.4 Å². The van der Waals surface area contributed by atoms with E-state index in [4.69, 9.17) is 18.9 Å². The summed E-state index contributed by atoms with van der Waals surface area (Å²) in [5.74, 6) is 0. The molecule has 0 unspecified atom stereocenters. The quantitative estimate of drug-likeness (QED) is 0.211. The van der Waals surface area contributed by atoms with Gasteiger partial charge in [-0.3, -0.25) is 0 Å². The lowest BCUT2D eigenvalue weighted by Gasteiger charge is -2.16. The minimum absolute atomic E-state index is 0.00585. The van der Waals surface area contributed by atoms with E-state index in [0.717, 1.165) is 58.3 Å². The van der Waals surface area contributed by atoms with Gasteiger partial charge in [0.2, 0.25) is 0 Å². The van der Waals surface area contributed by atoms with Crippen LogP contribution < -0.4 is 0 Å². The summed E-state index contributed by atoms with van der Waals surface area (Å²) in [6.07, 6.45) is 4.50. The van der Waals surface area contributed by atoms with Crippen LogP contribution in [-0.2, 0) is 18.9 Å². The number of hydrogen-bond donors (Lipinski definition) is 0. The Hall–Kier alpha value is 0.274. The zero-order valence-corrected chi connectivity index (χ0v) is 17.6. The molecule has 0 rings (SSSR count). The average molecular weight is 361 g/mol. The van der Waals surface area contributed by atoms with Gasteiger partial charge in [-0.2, -0.15) is 0 Å². The molecule has 0 aliphatic rings. The first-order chi connectivity index (χ1) is 11.3. The summed E-state index contributed by atoms with van der Waals surface area (Å²) in [6.45, 7) is 11.0. The summed E-state index contributed by atoms with van der Waals surface area (Å²) in [4.78, 5) is 0. The molecular formula is C17H36O4Si2. The van der Waals surface area contributed by atoms with Gasteiger partial charge in [-0.15, -0.1) is 0 Å². The SMILES string of the molecule is CCOC(CCC[Si]C[Si]CCCC(OCC)OCC)OCC. The van der Waals surface area contributed by atoms with Crippen LogP contribution in [0, 0.1) is 0 Å². The zero-order valence-electron chi connectivity index (χ0n) is 15.6. The molecule has 136 valence electrons. The van der Waals surface area contributed by atoms with Crippen molar-refractivity contribution in [1.82, 2.24) is 0 Å². The molecule has 0 amide bonds. The van der Waals surface area contributed by atoms with Gasteiger partial charge in [0.1, 0.15) is 0 Å². The third-order valence-corrected chi connectivity index (χ3v) is 6.66. The fraction of sp³-hybridized carbons (Fsp3) is 1.00. The first kappa shape index (κ1) is 23.3. The Kier molecular flexibility index (Phi) is 18.8. The van der Waals surface area contributed by atoms with Crippen molar-refractivity contribution < 1.29 is 18.9 Å². The molecule has 23 heavy (non-hydrogen) atoms. The maximum atomic E-state index is 5.56. The summed E-state index contributed by atoms with van der Waals surface area (Å²) in [7, 11) is 2.16. The highest BCUT2D eigenvalue weighted by molar-refractivity contribution is 6.55. The third kappa shape index (κ3) is 15.5. The van der Waals surface area contributed by atoms with Gasteiger partial charge in [-0.25, -0.2) is 0 Å². The van der Waals surface area contributed by atoms with E-state index < -0.39 is 0 Å². The Bertz CT molecular complexity index is 199. The summed E-state index contributed by atoms with van der Waals surface area (Å²) in [5, 5.41) is 0. The molecule has 0 aromatic rings. The maximum Gasteiger partial charge on any atom is 0.157 e. The minimum Gasteiger partial charge on any atom is -0.353 e. The van der Waals surface area contributed by atoms with Gasteiger partial charge in [-0.05, 0) is 40.5 Å². The lowest BCUT2D eigenvalue weighted by Crippen LogP contribution is -2.17. The van der Waals surface area contributed by atoms with Crippen molar-refractivity contribution >= 4 is 19.0 Å². The molecule has 0 aromatic heterocycles. The first-order valence-corrected chi connectivity index (χ1v) is 12.0. The Morgan fingerprint density at radius 3 is 1.26 bits per heavy atom. The second-order valence-electron chi connectivity index (χ2n) is 5.14. The summed E-state index contributed by atoms with van der Waals surface area (Å²) < 4.78 is 22.3. The van der Waals surface area contributed by atoms with Crippen LogP contribution in [0.4, 0.5) is 0 Å². The fourth-order valence-electron chi connectivity index (χ4n) is 2.23. The molecule has 0 heterocycles. The summed E-state index contributed by atoms with van der Waals surface area (Å²) in [6, 6.07) is 2.62. The topological polar surface area (TPSA) is 36.9 Å². The van der Waals surface area contributed by atoms with E-state index in [1.54, 1.807) is 0 Å². The van der Waals surface area contributed by atoms with Crippen molar-refractivity contribution in [3.05, 3.63) is 0 Å². The van der Waals surface area contributed by atoms with Gasteiger partial charge < -0.3 is 18.9 Å². The highest BCUT2D eigenvalue weighted by Crippen LogP contribution is 2.09. The van der Waals surface area contributed by atoms with E-state index in [1.807, 2.05) is 27.7 Å². The van der Waals surface area contributed by atoms with Crippen molar-refractivity contribution in [2.45, 2.75) is 83.7 Å². The number of ether oxygens (including phenoxy) is 4. The van der Waals surface area contributed by atoms with Crippen molar-refractivity contribution in [1.29, 1.82) is 0 Å². The van der Waals surface area contributed by atoms with Crippen LogP contribution in [0.15, 0.2) is 0 Å². The van der Waals surface area contributed by atoms with E-state index >= 15 is 0 Å². The first-order valence-electron chi connectivity index (χ1n) is 9.16. The zero-order chi connectivity index (χ0) is 17.2. The third-order valence-electron chi connectivity index (χ3n) is 3.25. The number of hydrogen-bond acceptors (Lipinski definition) is 4. The van der Waals surface area contributed by atoms with Gasteiger partial charge >= 0.3 is 0 Å². The molecule has 4 radical (unpaired) electrons. The molecule has 0 bridgehead atoms. The second kappa shape index (κ2) is 18.6. The molecule has 0 spiro atoms. The van der Waals surface area contributed by atoms with Gasteiger partial charge in [0.05, 0.1) is 0 Å². The van der Waals surface area contributed by atoms with E-state index in [2.05, 4.69) is 0 Å². The van der Waals surface area contributed by atoms with Gasteiger partial charge in [0, 0.05) is 45.5 Å². The Balaban J connectivity index is 3.41. The van der Waals surface area contributed by atoms with Crippen LogP contribution in [0.2, 0.25) is 17.8 Å². The molecule has 0 atom stereocenters. The predicted octanol–water partition coefficient (Wildman–Crippen LogP) is 3.97. The normalized spacial score (nSPS) is 11.7. The second-order valence-corrected chi connectivity index (χ2v) is 8.56. The summed E-state index contributed by atoms with van der Waals surface area (Å²) in [5.41, 5.74) is 1.38. The minimum atomic E-state index is 0.00585. The van der Waals surface area contributed by atoms with E-state index in [1.165, 1.54) is 30.6 Å². The molecule has 0 saturated heterocycles. The smallest absolute Gasteiger partial charge is 0.157 e. The molecule has 0 aliphatic carbocycles. The molecule has 0 aliphatic heterocycles. The monoisotopic (exact) mass is 360 g/mol. The maximum absolute atomic E-state index is 5.56. The lowest BCUT2D eigenvalue weighted by atomic mass is 10.3. The molecular weight excluding hydrogens is 324 g/mol. The van der Waals surface area contributed by atoms with Gasteiger partial charge in [0.25, 0.3) is 0 Å². The summed E-state index contributed by atoms with van der Waals surface area (Å²) >= 11 is 0. The van der Waals surface area contributed by atoms with Crippen molar-refractivity contribution in [3.8, 4) is 0 Å².